The lowest BCUT2D eigenvalue weighted by atomic mass is 10.0. The zero-order chi connectivity index (χ0) is 17.8. The summed E-state index contributed by atoms with van der Waals surface area (Å²) in [4.78, 5) is 12.4. The molecule has 1 amide bonds. The minimum atomic E-state index is -0.146. The SMILES string of the molecule is Cc1ccc(CSc2nnc(NC(=O)c3cccc(C)c3C)s2)cc1. The van der Waals surface area contributed by atoms with Gasteiger partial charge in [-0.15, -0.1) is 10.2 Å². The van der Waals surface area contributed by atoms with Gasteiger partial charge in [0.05, 0.1) is 0 Å². The highest BCUT2D eigenvalue weighted by molar-refractivity contribution is 8.00. The van der Waals surface area contributed by atoms with Crippen LogP contribution in [0.4, 0.5) is 5.13 Å². The molecular weight excluding hydrogens is 350 g/mol. The van der Waals surface area contributed by atoms with Gasteiger partial charge in [0.15, 0.2) is 4.34 Å². The number of aryl methyl sites for hydroxylation is 2. The summed E-state index contributed by atoms with van der Waals surface area (Å²) in [7, 11) is 0. The Kier molecular flexibility index (Phi) is 5.50. The van der Waals surface area contributed by atoms with Crippen LogP contribution in [0.1, 0.15) is 32.6 Å². The summed E-state index contributed by atoms with van der Waals surface area (Å²) in [5.74, 6) is 0.687. The number of carbonyl (C=O) groups excluding carboxylic acids is 1. The van der Waals surface area contributed by atoms with E-state index in [0.717, 1.165) is 21.2 Å². The molecule has 3 aromatic rings. The van der Waals surface area contributed by atoms with E-state index in [9.17, 15) is 4.79 Å². The maximum absolute atomic E-state index is 12.4. The molecule has 0 aliphatic carbocycles. The van der Waals surface area contributed by atoms with Gasteiger partial charge in [-0.2, -0.15) is 0 Å². The summed E-state index contributed by atoms with van der Waals surface area (Å²) in [6.45, 7) is 6.02. The number of rotatable bonds is 5. The van der Waals surface area contributed by atoms with E-state index in [1.165, 1.54) is 22.5 Å². The van der Waals surface area contributed by atoms with Gasteiger partial charge in [-0.25, -0.2) is 0 Å². The van der Waals surface area contributed by atoms with Crippen LogP contribution in [0, 0.1) is 20.8 Å². The van der Waals surface area contributed by atoms with Gasteiger partial charge in [-0.1, -0.05) is 65.1 Å². The molecule has 0 unspecified atom stereocenters. The molecule has 0 aliphatic rings. The summed E-state index contributed by atoms with van der Waals surface area (Å²) in [6.07, 6.45) is 0. The molecule has 3 rings (SSSR count). The Hall–Kier alpha value is -2.18. The number of hydrogen-bond acceptors (Lipinski definition) is 5. The third-order valence-electron chi connectivity index (χ3n) is 3.96. The van der Waals surface area contributed by atoms with Gasteiger partial charge in [0, 0.05) is 11.3 Å². The zero-order valence-corrected chi connectivity index (χ0v) is 16.0. The first kappa shape index (κ1) is 17.6. The van der Waals surface area contributed by atoms with Crippen molar-refractivity contribution in [2.45, 2.75) is 30.9 Å². The van der Waals surface area contributed by atoms with Gasteiger partial charge in [0.25, 0.3) is 5.91 Å². The first-order valence-corrected chi connectivity index (χ1v) is 9.72. The van der Waals surface area contributed by atoms with Crippen molar-refractivity contribution in [3.05, 3.63) is 70.3 Å². The van der Waals surface area contributed by atoms with E-state index in [2.05, 4.69) is 46.7 Å². The molecule has 0 spiro atoms. The predicted molar refractivity (Wildman–Crippen MR) is 105 cm³/mol. The average Bonchev–Trinajstić information content (AvgIpc) is 3.04. The normalized spacial score (nSPS) is 10.7. The predicted octanol–water partition coefficient (Wildman–Crippen LogP) is 5.01. The van der Waals surface area contributed by atoms with Crippen LogP contribution < -0.4 is 5.32 Å². The van der Waals surface area contributed by atoms with Crippen molar-refractivity contribution in [2.24, 2.45) is 0 Å². The van der Waals surface area contributed by atoms with E-state index in [1.807, 2.05) is 32.0 Å². The molecule has 2 aromatic carbocycles. The first-order chi connectivity index (χ1) is 12.0. The quantitative estimate of drug-likeness (QED) is 0.507. The standard InChI is InChI=1S/C19H19N3OS2/c1-12-7-9-15(10-8-12)11-24-19-22-21-18(25-19)20-17(23)16-6-4-5-13(2)14(16)3/h4-10H,11H2,1-3H3,(H,20,21,23). The highest BCUT2D eigenvalue weighted by Gasteiger charge is 2.13. The molecule has 0 aliphatic heterocycles. The number of nitrogens with zero attached hydrogens (tertiary/aromatic N) is 2. The molecule has 0 radical (unpaired) electrons. The summed E-state index contributed by atoms with van der Waals surface area (Å²) in [5, 5.41) is 11.6. The highest BCUT2D eigenvalue weighted by atomic mass is 32.2. The molecule has 0 bridgehead atoms. The second kappa shape index (κ2) is 7.80. The maximum atomic E-state index is 12.4. The molecule has 6 heteroatoms. The number of hydrogen-bond donors (Lipinski definition) is 1. The monoisotopic (exact) mass is 369 g/mol. The molecule has 25 heavy (non-hydrogen) atoms. The number of amides is 1. The topological polar surface area (TPSA) is 54.9 Å². The van der Waals surface area contributed by atoms with Crippen molar-refractivity contribution in [3.63, 3.8) is 0 Å². The molecule has 0 saturated carbocycles. The maximum Gasteiger partial charge on any atom is 0.257 e. The first-order valence-electron chi connectivity index (χ1n) is 7.92. The van der Waals surface area contributed by atoms with Crippen molar-refractivity contribution >= 4 is 34.1 Å². The molecular formula is C19H19N3OS2. The lowest BCUT2D eigenvalue weighted by Gasteiger charge is -2.07. The van der Waals surface area contributed by atoms with Crippen molar-refractivity contribution in [3.8, 4) is 0 Å². The van der Waals surface area contributed by atoms with E-state index in [1.54, 1.807) is 11.8 Å². The fourth-order valence-electron chi connectivity index (χ4n) is 2.31. The summed E-state index contributed by atoms with van der Waals surface area (Å²) < 4.78 is 0.844. The molecule has 1 heterocycles. The highest BCUT2D eigenvalue weighted by Crippen LogP contribution is 2.28. The number of carbonyl (C=O) groups is 1. The average molecular weight is 370 g/mol. The molecule has 128 valence electrons. The molecule has 1 N–H and O–H groups in total. The second-order valence-corrected chi connectivity index (χ2v) is 8.05. The number of nitrogens with one attached hydrogen (secondary N) is 1. The summed E-state index contributed by atoms with van der Waals surface area (Å²) >= 11 is 3.02. The Morgan fingerprint density at radius 3 is 2.60 bits per heavy atom. The third-order valence-corrected chi connectivity index (χ3v) is 6.00. The van der Waals surface area contributed by atoms with Crippen molar-refractivity contribution in [1.29, 1.82) is 0 Å². The Morgan fingerprint density at radius 1 is 1.08 bits per heavy atom. The molecule has 4 nitrogen and oxygen atoms in total. The van der Waals surface area contributed by atoms with Crippen molar-refractivity contribution in [1.82, 2.24) is 10.2 Å². The summed E-state index contributed by atoms with van der Waals surface area (Å²) in [6, 6.07) is 14.2. The molecule has 0 fully saturated rings. The van der Waals surface area contributed by atoms with Gasteiger partial charge in [0.1, 0.15) is 0 Å². The molecule has 1 aromatic heterocycles. The van der Waals surface area contributed by atoms with Gasteiger partial charge in [-0.05, 0) is 43.5 Å². The number of anilines is 1. The van der Waals surface area contributed by atoms with Gasteiger partial charge in [-0.3, -0.25) is 10.1 Å². The smallest absolute Gasteiger partial charge is 0.257 e. The van der Waals surface area contributed by atoms with Crippen molar-refractivity contribution < 1.29 is 4.79 Å². The lowest BCUT2D eigenvalue weighted by Crippen LogP contribution is -2.13. The lowest BCUT2D eigenvalue weighted by molar-refractivity contribution is 0.102. The number of benzene rings is 2. The van der Waals surface area contributed by atoms with E-state index in [4.69, 9.17) is 0 Å². The van der Waals surface area contributed by atoms with Crippen LogP contribution in [0.15, 0.2) is 46.8 Å². The Bertz CT molecular complexity index is 888. The van der Waals surface area contributed by atoms with E-state index in [0.29, 0.717) is 10.7 Å². The molecule has 0 atom stereocenters. The minimum Gasteiger partial charge on any atom is -0.296 e. The van der Waals surface area contributed by atoms with Crippen LogP contribution in [-0.2, 0) is 5.75 Å². The second-order valence-electron chi connectivity index (χ2n) is 5.85. The van der Waals surface area contributed by atoms with Crippen LogP contribution in [0.2, 0.25) is 0 Å². The van der Waals surface area contributed by atoms with Gasteiger partial charge in [0.2, 0.25) is 5.13 Å². The van der Waals surface area contributed by atoms with Crippen LogP contribution in [0.25, 0.3) is 0 Å². The Balaban J connectivity index is 1.62. The van der Waals surface area contributed by atoms with Crippen molar-refractivity contribution in [2.75, 3.05) is 5.32 Å². The van der Waals surface area contributed by atoms with E-state index in [-0.39, 0.29) is 5.91 Å². The fraction of sp³-hybridized carbons (Fsp3) is 0.211. The van der Waals surface area contributed by atoms with Crippen LogP contribution in [0.5, 0.6) is 0 Å². The number of aromatic nitrogens is 2. The van der Waals surface area contributed by atoms with Gasteiger partial charge >= 0.3 is 0 Å². The largest absolute Gasteiger partial charge is 0.296 e. The molecule has 0 saturated heterocycles. The summed E-state index contributed by atoms with van der Waals surface area (Å²) in [5.41, 5.74) is 5.25. The van der Waals surface area contributed by atoms with E-state index >= 15 is 0 Å². The Morgan fingerprint density at radius 2 is 1.84 bits per heavy atom. The van der Waals surface area contributed by atoms with Crippen LogP contribution in [0.3, 0.4) is 0 Å². The van der Waals surface area contributed by atoms with Crippen LogP contribution in [-0.4, -0.2) is 16.1 Å². The third kappa shape index (κ3) is 4.46. The van der Waals surface area contributed by atoms with Crippen LogP contribution >= 0.6 is 23.1 Å². The Labute approximate surface area is 155 Å². The van der Waals surface area contributed by atoms with E-state index < -0.39 is 0 Å². The minimum absolute atomic E-state index is 0.146. The number of thioether (sulfide) groups is 1. The van der Waals surface area contributed by atoms with Gasteiger partial charge < -0.3 is 0 Å². The fourth-order valence-corrected chi connectivity index (χ4v) is 4.01. The zero-order valence-electron chi connectivity index (χ0n) is 14.4.